The van der Waals surface area contributed by atoms with E-state index < -0.39 is 0 Å². The predicted molar refractivity (Wildman–Crippen MR) is 83.2 cm³/mol. The van der Waals surface area contributed by atoms with E-state index in [2.05, 4.69) is 0 Å². The molecule has 8 unspecified atom stereocenters. The summed E-state index contributed by atoms with van der Waals surface area (Å²) in [5, 5.41) is 0. The molecule has 8 atom stereocenters. The molecule has 0 amide bonds. The molecule has 0 saturated heterocycles. The van der Waals surface area contributed by atoms with Crippen molar-refractivity contribution in [2.45, 2.75) is 12.2 Å². The first-order valence-electron chi connectivity index (χ1n) is 10.8. The number of rotatable bonds is 2. The van der Waals surface area contributed by atoms with Gasteiger partial charge in [-0.05, 0) is 47.3 Å². The Kier molecular flexibility index (Phi) is 1.12. The lowest BCUT2D eigenvalue weighted by molar-refractivity contribution is -0.297. The van der Waals surface area contributed by atoms with Gasteiger partial charge in [-0.1, -0.05) is 0 Å². The summed E-state index contributed by atoms with van der Waals surface area (Å²) < 4.78 is 12.5. The van der Waals surface area contributed by atoms with Crippen LogP contribution in [0.5, 0.6) is 0 Å². The van der Waals surface area contributed by atoms with Crippen LogP contribution in [0.4, 0.5) is 0 Å². The van der Waals surface area contributed by atoms with Crippen LogP contribution in [0.3, 0.4) is 0 Å². The highest BCUT2D eigenvalue weighted by Crippen LogP contribution is 3.22. The second-order valence-electron chi connectivity index (χ2n) is 12.0. The van der Waals surface area contributed by atoms with Crippen LogP contribution in [0.1, 0.15) is 0 Å². The molecule has 0 aliphatic heterocycles. The number of carbonyl (C=O) groups is 2. The van der Waals surface area contributed by atoms with Gasteiger partial charge >= 0.3 is 0 Å². The van der Waals surface area contributed by atoms with E-state index in [1.165, 1.54) is 0 Å². The number of methoxy groups -OCH3 is 2. The SMILES string of the molecule is COC1C2C3C4C1C15C6C(=O)C7C8C6C6C(=O)C8C8(C3C(OC)C4C618)C725. The molecule has 26 heavy (non-hydrogen) atoms. The fourth-order valence-corrected chi connectivity index (χ4v) is 16.5. The van der Waals surface area contributed by atoms with Crippen LogP contribution in [0.2, 0.25) is 0 Å². The van der Waals surface area contributed by atoms with Crippen molar-refractivity contribution in [1.29, 1.82) is 0 Å². The van der Waals surface area contributed by atoms with E-state index in [0.29, 0.717) is 71.1 Å². The molecule has 0 heterocycles. The Hall–Kier alpha value is -0.740. The summed E-state index contributed by atoms with van der Waals surface area (Å²) >= 11 is 0. The number of ketones is 2. The van der Waals surface area contributed by atoms with E-state index in [-0.39, 0.29) is 45.3 Å². The molecule has 8 bridgehead atoms. The third-order valence-corrected chi connectivity index (χ3v) is 14.1. The van der Waals surface area contributed by atoms with Crippen molar-refractivity contribution in [3.63, 3.8) is 0 Å². The van der Waals surface area contributed by atoms with Gasteiger partial charge in [0.05, 0.1) is 12.2 Å². The lowest BCUT2D eigenvalue weighted by atomic mass is 9.28. The summed E-state index contributed by atoms with van der Waals surface area (Å²) in [5.41, 5.74) is 0.697. The Bertz CT molecular complexity index is 856. The zero-order valence-electron chi connectivity index (χ0n) is 14.7. The second kappa shape index (κ2) is 2.45. The highest BCUT2D eigenvalue weighted by atomic mass is 16.5. The lowest BCUT2D eigenvalue weighted by Gasteiger charge is -2.73. The first-order chi connectivity index (χ1) is 12.7. The summed E-state index contributed by atoms with van der Waals surface area (Å²) in [4.78, 5) is 27.4. The maximum Gasteiger partial charge on any atom is 0.140 e. The molecule has 13 saturated carbocycles. The Morgan fingerprint density at radius 3 is 1.15 bits per heavy atom. The molecule has 13 rings (SSSR count). The van der Waals surface area contributed by atoms with Gasteiger partial charge in [0.2, 0.25) is 0 Å². The molecule has 13 aliphatic carbocycles. The van der Waals surface area contributed by atoms with E-state index in [0.717, 1.165) is 0 Å². The molecule has 0 radical (unpaired) electrons. The fraction of sp³-hybridized carbons (Fsp3) is 0.909. The molecule has 4 heteroatoms. The van der Waals surface area contributed by atoms with Crippen molar-refractivity contribution < 1.29 is 19.1 Å². The van der Waals surface area contributed by atoms with Crippen LogP contribution in [0.15, 0.2) is 0 Å². The monoisotopic (exact) mass is 348 g/mol. The number of Topliss-reactive ketones (excluding diaryl/α,β-unsaturated/α-hetero) is 2. The minimum absolute atomic E-state index is 0.174. The Labute approximate surface area is 150 Å². The van der Waals surface area contributed by atoms with E-state index in [4.69, 9.17) is 9.47 Å². The Balaban J connectivity index is 1.45. The number of carbonyl (C=O) groups excluding carboxylic acids is 2. The number of hydrogen-bond acceptors (Lipinski definition) is 4. The zero-order valence-corrected chi connectivity index (χ0v) is 14.7. The normalized spacial score (nSPS) is 91.8. The highest BCUT2D eigenvalue weighted by molar-refractivity contribution is 6.08. The predicted octanol–water partition coefficient (Wildman–Crippen LogP) is 0.644. The maximum atomic E-state index is 13.7. The lowest BCUT2D eigenvalue weighted by Crippen LogP contribution is -2.73. The Morgan fingerprint density at radius 1 is 0.577 bits per heavy atom. The van der Waals surface area contributed by atoms with Gasteiger partial charge in [0.15, 0.2) is 0 Å². The van der Waals surface area contributed by atoms with Gasteiger partial charge < -0.3 is 9.47 Å². The molecule has 0 aromatic carbocycles. The van der Waals surface area contributed by atoms with Crippen LogP contribution < -0.4 is 0 Å². The third-order valence-electron chi connectivity index (χ3n) is 14.1. The molecule has 0 aromatic heterocycles. The first-order valence-corrected chi connectivity index (χ1v) is 10.8. The average Bonchev–Trinajstić information content (AvgIpc) is 3.41. The van der Waals surface area contributed by atoms with E-state index in [9.17, 15) is 9.59 Å². The molecular weight excluding hydrogens is 328 g/mol. The summed E-state index contributed by atoms with van der Waals surface area (Å²) in [6.07, 6.45) is 0.754. The van der Waals surface area contributed by atoms with Gasteiger partial charge in [0.25, 0.3) is 0 Å². The minimum Gasteiger partial charge on any atom is -0.381 e. The van der Waals surface area contributed by atoms with Gasteiger partial charge in [-0.15, -0.1) is 0 Å². The number of ether oxygens (including phenoxy) is 2. The van der Waals surface area contributed by atoms with Crippen LogP contribution >= 0.6 is 0 Å². The summed E-state index contributed by atoms with van der Waals surface area (Å²) in [5.74, 6) is 6.76. The van der Waals surface area contributed by atoms with Crippen LogP contribution in [0, 0.1) is 92.7 Å². The summed E-state index contributed by atoms with van der Waals surface area (Å²) in [6.45, 7) is 0. The minimum atomic E-state index is 0.174. The van der Waals surface area contributed by atoms with Crippen molar-refractivity contribution in [2.75, 3.05) is 14.2 Å². The van der Waals surface area contributed by atoms with Crippen molar-refractivity contribution in [3.05, 3.63) is 0 Å². The van der Waals surface area contributed by atoms with E-state index in [1.54, 1.807) is 0 Å². The smallest absolute Gasteiger partial charge is 0.140 e. The number of hydrogen-bond donors (Lipinski definition) is 0. The van der Waals surface area contributed by atoms with Crippen molar-refractivity contribution in [2.24, 2.45) is 92.7 Å². The molecule has 4 spiro atoms. The Morgan fingerprint density at radius 2 is 0.885 bits per heavy atom. The molecule has 13 fully saturated rings. The molecule has 0 N–H and O–H groups in total. The third kappa shape index (κ3) is 0.454. The summed E-state index contributed by atoms with van der Waals surface area (Å²) in [6, 6.07) is 0. The molecule has 0 aromatic rings. The van der Waals surface area contributed by atoms with Crippen molar-refractivity contribution >= 4 is 11.6 Å². The van der Waals surface area contributed by atoms with Gasteiger partial charge in [-0.2, -0.15) is 0 Å². The van der Waals surface area contributed by atoms with E-state index >= 15 is 0 Å². The molecular formula is C22H20O4. The molecule has 4 nitrogen and oxygen atoms in total. The van der Waals surface area contributed by atoms with E-state index in [1.807, 2.05) is 14.2 Å². The van der Waals surface area contributed by atoms with Gasteiger partial charge in [-0.3, -0.25) is 9.59 Å². The van der Waals surface area contributed by atoms with Gasteiger partial charge in [0.1, 0.15) is 11.6 Å². The molecule has 132 valence electrons. The quantitative estimate of drug-likeness (QED) is 0.735. The highest BCUT2D eigenvalue weighted by Gasteiger charge is 3.24. The van der Waals surface area contributed by atoms with Gasteiger partial charge in [0, 0.05) is 59.6 Å². The van der Waals surface area contributed by atoms with Gasteiger partial charge in [-0.25, -0.2) is 0 Å². The standard InChI is InChI=1S/C22H20O4/c1-25-17-11-5-6-12(17)20-8-4-3-7(15(8)23)19(11,20)21-9(3)16(24)10(4)22(20,21)14(6)18(26-2)13(5)21/h3-14,17-18H,1-2H3. The second-order valence-corrected chi connectivity index (χ2v) is 12.0. The fourth-order valence-electron chi connectivity index (χ4n) is 16.5. The van der Waals surface area contributed by atoms with Crippen LogP contribution in [-0.4, -0.2) is 38.0 Å². The van der Waals surface area contributed by atoms with Crippen LogP contribution in [-0.2, 0) is 19.1 Å². The maximum absolute atomic E-state index is 13.7. The first kappa shape index (κ1) is 12.0. The topological polar surface area (TPSA) is 52.6 Å². The zero-order chi connectivity index (χ0) is 16.7. The average molecular weight is 348 g/mol. The van der Waals surface area contributed by atoms with Crippen molar-refractivity contribution in [3.8, 4) is 0 Å². The molecule has 13 aliphatic rings. The van der Waals surface area contributed by atoms with Crippen molar-refractivity contribution in [1.82, 2.24) is 0 Å². The largest absolute Gasteiger partial charge is 0.381 e. The van der Waals surface area contributed by atoms with Crippen LogP contribution in [0.25, 0.3) is 0 Å². The summed E-state index contributed by atoms with van der Waals surface area (Å²) in [7, 11) is 3.86.